The summed E-state index contributed by atoms with van der Waals surface area (Å²) >= 11 is 0. The fourth-order valence-electron chi connectivity index (χ4n) is 3.05. The number of benzene rings is 1. The minimum absolute atomic E-state index is 0.129. The van der Waals surface area contributed by atoms with Crippen LogP contribution in [0.5, 0.6) is 0 Å². The van der Waals surface area contributed by atoms with Gasteiger partial charge in [0.1, 0.15) is 0 Å². The van der Waals surface area contributed by atoms with Crippen molar-refractivity contribution >= 4 is 5.69 Å². The third-order valence-corrected chi connectivity index (χ3v) is 4.22. The topological polar surface area (TPSA) is 66.6 Å². The lowest BCUT2D eigenvalue weighted by Gasteiger charge is -2.28. The van der Waals surface area contributed by atoms with E-state index in [1.165, 1.54) is 12.8 Å². The van der Waals surface area contributed by atoms with E-state index in [4.69, 9.17) is 0 Å². The van der Waals surface area contributed by atoms with Crippen LogP contribution in [0.25, 0.3) is 0 Å². The van der Waals surface area contributed by atoms with Gasteiger partial charge in [0.25, 0.3) is 5.69 Å². The Morgan fingerprint density at radius 1 is 1.40 bits per heavy atom. The Morgan fingerprint density at radius 3 is 2.70 bits per heavy atom. The van der Waals surface area contributed by atoms with Gasteiger partial charge in [-0.25, -0.2) is 0 Å². The highest BCUT2D eigenvalue weighted by molar-refractivity contribution is 5.44. The first-order chi connectivity index (χ1) is 9.63. The summed E-state index contributed by atoms with van der Waals surface area (Å²) in [4.78, 5) is 12.9. The Kier molecular flexibility index (Phi) is 5.09. The second kappa shape index (κ2) is 6.81. The first-order valence-electron chi connectivity index (χ1n) is 7.21. The molecule has 0 amide bonds. The molecule has 1 aromatic carbocycles. The summed E-state index contributed by atoms with van der Waals surface area (Å²) < 4.78 is 0. The molecule has 1 N–H and O–H groups in total. The summed E-state index contributed by atoms with van der Waals surface area (Å²) in [7, 11) is 0. The summed E-state index contributed by atoms with van der Waals surface area (Å²) in [6, 6.07) is 5.74. The van der Waals surface area contributed by atoms with Crippen molar-refractivity contribution in [3.8, 4) is 0 Å². The third-order valence-electron chi connectivity index (χ3n) is 4.22. The number of hydrogen-bond acceptors (Lipinski definition) is 4. The molecule has 0 bridgehead atoms. The van der Waals surface area contributed by atoms with Crippen molar-refractivity contribution in [3.05, 3.63) is 39.4 Å². The molecular formula is C15H22N2O3. The molecule has 20 heavy (non-hydrogen) atoms. The van der Waals surface area contributed by atoms with E-state index in [0.29, 0.717) is 19.1 Å². The number of hydrogen-bond donors (Lipinski definition) is 1. The fraction of sp³-hybridized carbons (Fsp3) is 0.600. The Labute approximate surface area is 119 Å². The lowest BCUT2D eigenvalue weighted by atomic mass is 10.0. The van der Waals surface area contributed by atoms with E-state index in [-0.39, 0.29) is 17.2 Å². The molecule has 5 heteroatoms. The molecule has 0 atom stereocenters. The Morgan fingerprint density at radius 2 is 2.10 bits per heavy atom. The van der Waals surface area contributed by atoms with Crippen LogP contribution in [0.1, 0.15) is 36.8 Å². The monoisotopic (exact) mass is 278 g/mol. The molecule has 110 valence electrons. The van der Waals surface area contributed by atoms with Crippen LogP contribution in [0.15, 0.2) is 18.2 Å². The maximum atomic E-state index is 11.0. The van der Waals surface area contributed by atoms with Gasteiger partial charge in [-0.1, -0.05) is 25.0 Å². The Balaban J connectivity index is 2.17. The summed E-state index contributed by atoms with van der Waals surface area (Å²) in [6.45, 7) is 3.25. The van der Waals surface area contributed by atoms with Gasteiger partial charge in [-0.05, 0) is 25.3 Å². The molecule has 0 unspecified atom stereocenters. The summed E-state index contributed by atoms with van der Waals surface area (Å²) in [5, 5.41) is 20.2. The number of nitro groups is 1. The largest absolute Gasteiger partial charge is 0.395 e. The van der Waals surface area contributed by atoms with Crippen molar-refractivity contribution in [1.82, 2.24) is 4.90 Å². The normalized spacial score (nSPS) is 15.9. The SMILES string of the molecule is Cc1c(CN(CCO)C2CCCC2)cccc1[N+](=O)[O-]. The van der Waals surface area contributed by atoms with Gasteiger partial charge >= 0.3 is 0 Å². The van der Waals surface area contributed by atoms with Crippen LogP contribution in [-0.4, -0.2) is 34.1 Å². The van der Waals surface area contributed by atoms with Crippen molar-refractivity contribution in [1.29, 1.82) is 0 Å². The zero-order valence-electron chi connectivity index (χ0n) is 11.9. The van der Waals surface area contributed by atoms with Crippen LogP contribution in [0.4, 0.5) is 5.69 Å². The molecule has 0 saturated heterocycles. The number of aliphatic hydroxyl groups excluding tert-OH is 1. The standard InChI is InChI=1S/C15H22N2O3/c1-12-13(5-4-8-15(12)17(19)20)11-16(9-10-18)14-6-2-3-7-14/h4-5,8,14,18H,2-3,6-7,9-11H2,1H3. The predicted octanol–water partition coefficient (Wildman–Crippen LogP) is 2.64. The molecule has 0 heterocycles. The van der Waals surface area contributed by atoms with Gasteiger partial charge in [-0.15, -0.1) is 0 Å². The van der Waals surface area contributed by atoms with Crippen molar-refractivity contribution in [2.75, 3.05) is 13.2 Å². The first kappa shape index (κ1) is 14.9. The lowest BCUT2D eigenvalue weighted by Crippen LogP contribution is -2.35. The lowest BCUT2D eigenvalue weighted by molar-refractivity contribution is -0.385. The number of nitro benzene ring substituents is 1. The average Bonchev–Trinajstić information content (AvgIpc) is 2.94. The molecule has 0 spiro atoms. The van der Waals surface area contributed by atoms with E-state index in [9.17, 15) is 15.2 Å². The van der Waals surface area contributed by atoms with Crippen LogP contribution < -0.4 is 0 Å². The van der Waals surface area contributed by atoms with Gasteiger partial charge in [-0.2, -0.15) is 0 Å². The summed E-state index contributed by atoms with van der Waals surface area (Å²) in [5.41, 5.74) is 1.90. The summed E-state index contributed by atoms with van der Waals surface area (Å²) in [6.07, 6.45) is 4.79. The minimum Gasteiger partial charge on any atom is -0.395 e. The Bertz CT molecular complexity index is 470. The van der Waals surface area contributed by atoms with Gasteiger partial charge in [0, 0.05) is 30.8 Å². The van der Waals surface area contributed by atoms with Crippen molar-refractivity contribution in [2.24, 2.45) is 0 Å². The van der Waals surface area contributed by atoms with Gasteiger partial charge in [0.2, 0.25) is 0 Å². The fourth-order valence-corrected chi connectivity index (χ4v) is 3.05. The maximum absolute atomic E-state index is 11.0. The minimum atomic E-state index is -0.329. The highest BCUT2D eigenvalue weighted by atomic mass is 16.6. The number of aliphatic hydroxyl groups is 1. The zero-order valence-corrected chi connectivity index (χ0v) is 11.9. The summed E-state index contributed by atoms with van der Waals surface area (Å²) in [5.74, 6) is 0. The van der Waals surface area contributed by atoms with Gasteiger partial charge < -0.3 is 5.11 Å². The molecule has 5 nitrogen and oxygen atoms in total. The highest BCUT2D eigenvalue weighted by Gasteiger charge is 2.23. The number of nitrogens with zero attached hydrogens (tertiary/aromatic N) is 2. The molecule has 1 fully saturated rings. The van der Waals surface area contributed by atoms with Crippen molar-refractivity contribution < 1.29 is 10.0 Å². The molecular weight excluding hydrogens is 256 g/mol. The molecule has 2 rings (SSSR count). The predicted molar refractivity (Wildman–Crippen MR) is 77.6 cm³/mol. The molecule has 1 aromatic rings. The Hall–Kier alpha value is -1.46. The molecule has 1 aliphatic rings. The van der Waals surface area contributed by atoms with Crippen LogP contribution in [-0.2, 0) is 6.54 Å². The maximum Gasteiger partial charge on any atom is 0.272 e. The van der Waals surface area contributed by atoms with E-state index < -0.39 is 0 Å². The second-order valence-electron chi connectivity index (χ2n) is 5.45. The number of rotatable bonds is 6. The van der Waals surface area contributed by atoms with E-state index >= 15 is 0 Å². The smallest absolute Gasteiger partial charge is 0.272 e. The first-order valence-corrected chi connectivity index (χ1v) is 7.21. The van der Waals surface area contributed by atoms with Crippen molar-refractivity contribution in [2.45, 2.75) is 45.2 Å². The van der Waals surface area contributed by atoms with E-state index in [0.717, 1.165) is 24.0 Å². The molecule has 0 aliphatic heterocycles. The van der Waals surface area contributed by atoms with Crippen LogP contribution >= 0.6 is 0 Å². The quantitative estimate of drug-likeness (QED) is 0.641. The van der Waals surface area contributed by atoms with Crippen LogP contribution in [0.3, 0.4) is 0 Å². The molecule has 1 saturated carbocycles. The van der Waals surface area contributed by atoms with E-state index in [2.05, 4.69) is 4.90 Å². The van der Waals surface area contributed by atoms with Crippen molar-refractivity contribution in [3.63, 3.8) is 0 Å². The average molecular weight is 278 g/mol. The molecule has 0 aromatic heterocycles. The van der Waals surface area contributed by atoms with Gasteiger partial charge in [0.15, 0.2) is 0 Å². The molecule has 1 aliphatic carbocycles. The third kappa shape index (κ3) is 3.35. The molecule has 0 radical (unpaired) electrons. The van der Waals surface area contributed by atoms with Crippen LogP contribution in [0.2, 0.25) is 0 Å². The zero-order chi connectivity index (χ0) is 14.5. The van der Waals surface area contributed by atoms with Crippen LogP contribution in [0, 0.1) is 17.0 Å². The van der Waals surface area contributed by atoms with E-state index in [1.54, 1.807) is 19.1 Å². The van der Waals surface area contributed by atoms with E-state index in [1.807, 2.05) is 6.07 Å². The van der Waals surface area contributed by atoms with Gasteiger partial charge in [-0.3, -0.25) is 15.0 Å². The highest BCUT2D eigenvalue weighted by Crippen LogP contribution is 2.27. The second-order valence-corrected chi connectivity index (χ2v) is 5.45. The van der Waals surface area contributed by atoms with Gasteiger partial charge in [0.05, 0.1) is 11.5 Å².